The van der Waals surface area contributed by atoms with Crippen molar-refractivity contribution in [3.05, 3.63) is 34.4 Å². The van der Waals surface area contributed by atoms with Gasteiger partial charge in [0.2, 0.25) is 5.91 Å². The Balaban J connectivity index is 3.02. The average molecular weight is 250 g/mol. The molecule has 3 N–H and O–H groups in total. The van der Waals surface area contributed by atoms with Gasteiger partial charge in [-0.15, -0.1) is 0 Å². The van der Waals surface area contributed by atoms with E-state index in [0.29, 0.717) is 13.2 Å². The molecule has 0 spiro atoms. The monoisotopic (exact) mass is 250 g/mol. The first-order chi connectivity index (χ1) is 8.47. The second kappa shape index (κ2) is 6.52. The van der Waals surface area contributed by atoms with Crippen LogP contribution in [-0.4, -0.2) is 26.2 Å². The SMILES string of the molecule is COCCNC(C(N)=O)c1c(C)cc(C)cc1C. The summed E-state index contributed by atoms with van der Waals surface area (Å²) in [6.07, 6.45) is 0. The molecule has 1 unspecified atom stereocenters. The second-order valence-electron chi connectivity index (χ2n) is 4.59. The predicted molar refractivity (Wildman–Crippen MR) is 72.5 cm³/mol. The Bertz CT molecular complexity index is 407. The van der Waals surface area contributed by atoms with Gasteiger partial charge in [0.15, 0.2) is 0 Å². The Labute approximate surface area is 109 Å². The van der Waals surface area contributed by atoms with E-state index in [-0.39, 0.29) is 5.91 Å². The van der Waals surface area contributed by atoms with Crippen LogP contribution >= 0.6 is 0 Å². The zero-order valence-electron chi connectivity index (χ0n) is 11.5. The summed E-state index contributed by atoms with van der Waals surface area (Å²) in [5.41, 5.74) is 9.82. The molecule has 4 heteroatoms. The standard InChI is InChI=1S/C14H22N2O2/c1-9-7-10(2)12(11(3)8-9)13(14(15)17)16-5-6-18-4/h7-8,13,16H,5-6H2,1-4H3,(H2,15,17). The number of aryl methyl sites for hydroxylation is 3. The van der Waals surface area contributed by atoms with Crippen LogP contribution in [0.15, 0.2) is 12.1 Å². The highest BCUT2D eigenvalue weighted by atomic mass is 16.5. The van der Waals surface area contributed by atoms with E-state index in [0.717, 1.165) is 16.7 Å². The third-order valence-electron chi connectivity index (χ3n) is 2.97. The van der Waals surface area contributed by atoms with Crippen molar-refractivity contribution < 1.29 is 9.53 Å². The Kier molecular flexibility index (Phi) is 5.31. The van der Waals surface area contributed by atoms with Crippen LogP contribution in [0.3, 0.4) is 0 Å². The summed E-state index contributed by atoms with van der Waals surface area (Å²) < 4.78 is 4.97. The number of carbonyl (C=O) groups is 1. The van der Waals surface area contributed by atoms with Crippen LogP contribution in [0.4, 0.5) is 0 Å². The summed E-state index contributed by atoms with van der Waals surface area (Å²) in [7, 11) is 1.63. The lowest BCUT2D eigenvalue weighted by Crippen LogP contribution is -2.36. The van der Waals surface area contributed by atoms with E-state index in [2.05, 4.69) is 17.4 Å². The van der Waals surface area contributed by atoms with Crippen LogP contribution in [0.5, 0.6) is 0 Å². The maximum absolute atomic E-state index is 11.6. The third-order valence-corrected chi connectivity index (χ3v) is 2.97. The van der Waals surface area contributed by atoms with Crippen molar-refractivity contribution in [1.29, 1.82) is 0 Å². The molecule has 0 saturated heterocycles. The maximum atomic E-state index is 11.6. The Morgan fingerprint density at radius 1 is 1.33 bits per heavy atom. The van der Waals surface area contributed by atoms with Crippen LogP contribution < -0.4 is 11.1 Å². The quantitative estimate of drug-likeness (QED) is 0.750. The minimum Gasteiger partial charge on any atom is -0.383 e. The Morgan fingerprint density at radius 3 is 2.33 bits per heavy atom. The average Bonchev–Trinajstić information content (AvgIpc) is 2.25. The molecular weight excluding hydrogens is 228 g/mol. The molecule has 1 rings (SSSR count). The highest BCUT2D eigenvalue weighted by Gasteiger charge is 2.21. The fourth-order valence-corrected chi connectivity index (χ4v) is 2.30. The van der Waals surface area contributed by atoms with Gasteiger partial charge in [-0.1, -0.05) is 17.7 Å². The molecule has 0 aliphatic heterocycles. The summed E-state index contributed by atoms with van der Waals surface area (Å²) in [5, 5.41) is 3.14. The van der Waals surface area contributed by atoms with Crippen LogP contribution in [0.25, 0.3) is 0 Å². The molecule has 100 valence electrons. The van der Waals surface area contributed by atoms with E-state index in [1.807, 2.05) is 20.8 Å². The molecule has 1 aromatic carbocycles. The maximum Gasteiger partial charge on any atom is 0.239 e. The number of nitrogens with one attached hydrogen (secondary N) is 1. The van der Waals surface area contributed by atoms with E-state index in [1.165, 1.54) is 5.56 Å². The second-order valence-corrected chi connectivity index (χ2v) is 4.59. The van der Waals surface area contributed by atoms with Crippen LogP contribution in [-0.2, 0) is 9.53 Å². The van der Waals surface area contributed by atoms with Crippen molar-refractivity contribution in [3.8, 4) is 0 Å². The highest BCUT2D eigenvalue weighted by molar-refractivity contribution is 5.82. The first kappa shape index (κ1) is 14.7. The van der Waals surface area contributed by atoms with Gasteiger partial charge < -0.3 is 10.5 Å². The first-order valence-corrected chi connectivity index (χ1v) is 6.06. The number of hydrogen-bond donors (Lipinski definition) is 2. The topological polar surface area (TPSA) is 64.3 Å². The van der Waals surface area contributed by atoms with Crippen LogP contribution in [0.1, 0.15) is 28.3 Å². The van der Waals surface area contributed by atoms with Gasteiger partial charge in [0.05, 0.1) is 6.61 Å². The third kappa shape index (κ3) is 3.55. The molecule has 4 nitrogen and oxygen atoms in total. The van der Waals surface area contributed by atoms with Crippen molar-refractivity contribution in [1.82, 2.24) is 5.32 Å². The smallest absolute Gasteiger partial charge is 0.239 e. The molecule has 0 saturated carbocycles. The Morgan fingerprint density at radius 2 is 1.89 bits per heavy atom. The molecule has 0 aliphatic carbocycles. The van der Waals surface area contributed by atoms with E-state index in [1.54, 1.807) is 7.11 Å². The summed E-state index contributed by atoms with van der Waals surface area (Å²) in [4.78, 5) is 11.6. The number of benzene rings is 1. The fraction of sp³-hybridized carbons (Fsp3) is 0.500. The van der Waals surface area contributed by atoms with Gasteiger partial charge in [-0.05, 0) is 37.5 Å². The first-order valence-electron chi connectivity index (χ1n) is 6.06. The zero-order valence-corrected chi connectivity index (χ0v) is 11.5. The van der Waals surface area contributed by atoms with E-state index in [4.69, 9.17) is 10.5 Å². The van der Waals surface area contributed by atoms with Crippen molar-refractivity contribution in [2.75, 3.05) is 20.3 Å². The molecule has 18 heavy (non-hydrogen) atoms. The van der Waals surface area contributed by atoms with Crippen molar-refractivity contribution in [2.24, 2.45) is 5.73 Å². The van der Waals surface area contributed by atoms with Gasteiger partial charge >= 0.3 is 0 Å². The summed E-state index contributed by atoms with van der Waals surface area (Å²) in [6, 6.07) is 3.67. The van der Waals surface area contributed by atoms with E-state index < -0.39 is 6.04 Å². The molecule has 0 fully saturated rings. The zero-order chi connectivity index (χ0) is 13.7. The summed E-state index contributed by atoms with van der Waals surface area (Å²) in [6.45, 7) is 7.19. The Hall–Kier alpha value is -1.39. The van der Waals surface area contributed by atoms with E-state index >= 15 is 0 Å². The molecule has 1 amide bonds. The number of amides is 1. The van der Waals surface area contributed by atoms with Gasteiger partial charge in [0.25, 0.3) is 0 Å². The molecule has 0 bridgehead atoms. The molecule has 1 atom stereocenters. The molecule has 0 heterocycles. The number of hydrogen-bond acceptors (Lipinski definition) is 3. The van der Waals surface area contributed by atoms with Crippen molar-refractivity contribution in [2.45, 2.75) is 26.8 Å². The fourth-order valence-electron chi connectivity index (χ4n) is 2.30. The molecule has 0 aliphatic rings. The lowest BCUT2D eigenvalue weighted by Gasteiger charge is -2.20. The molecule has 1 aromatic rings. The number of methoxy groups -OCH3 is 1. The van der Waals surface area contributed by atoms with Crippen molar-refractivity contribution >= 4 is 5.91 Å². The molecular formula is C14H22N2O2. The number of carbonyl (C=O) groups excluding carboxylic acids is 1. The van der Waals surface area contributed by atoms with Crippen LogP contribution in [0.2, 0.25) is 0 Å². The van der Waals surface area contributed by atoms with Gasteiger partial charge in [0, 0.05) is 13.7 Å². The highest BCUT2D eigenvalue weighted by Crippen LogP contribution is 2.23. The summed E-state index contributed by atoms with van der Waals surface area (Å²) >= 11 is 0. The van der Waals surface area contributed by atoms with Crippen LogP contribution in [0, 0.1) is 20.8 Å². The lowest BCUT2D eigenvalue weighted by molar-refractivity contribution is -0.120. The van der Waals surface area contributed by atoms with Gasteiger partial charge in [-0.25, -0.2) is 0 Å². The summed E-state index contributed by atoms with van der Waals surface area (Å²) in [5.74, 6) is -0.360. The van der Waals surface area contributed by atoms with Gasteiger partial charge in [-0.3, -0.25) is 10.1 Å². The number of rotatable bonds is 6. The number of ether oxygens (including phenoxy) is 1. The number of nitrogens with two attached hydrogens (primary N) is 1. The predicted octanol–water partition coefficient (Wildman–Crippen LogP) is 1.37. The minimum atomic E-state index is -0.458. The lowest BCUT2D eigenvalue weighted by atomic mass is 9.93. The van der Waals surface area contributed by atoms with Crippen molar-refractivity contribution in [3.63, 3.8) is 0 Å². The van der Waals surface area contributed by atoms with Gasteiger partial charge in [0.1, 0.15) is 6.04 Å². The van der Waals surface area contributed by atoms with E-state index in [9.17, 15) is 4.79 Å². The molecule has 0 aromatic heterocycles. The molecule has 0 radical (unpaired) electrons. The minimum absolute atomic E-state index is 0.360. The number of primary amides is 1. The van der Waals surface area contributed by atoms with Gasteiger partial charge in [-0.2, -0.15) is 0 Å². The largest absolute Gasteiger partial charge is 0.383 e. The normalized spacial score (nSPS) is 12.4.